The van der Waals surface area contributed by atoms with Crippen LogP contribution in [0.4, 0.5) is 13.2 Å². The minimum Gasteiger partial charge on any atom is -0.321 e. The average Bonchev–Trinajstić information content (AvgIpc) is 2.81. The zero-order valence-corrected chi connectivity index (χ0v) is 12.1. The number of nitrogens with zero attached hydrogens (tertiary/aromatic N) is 2. The minimum atomic E-state index is -4.50. The Bertz CT molecular complexity index is 695. The van der Waals surface area contributed by atoms with Crippen LogP contribution in [0.1, 0.15) is 11.5 Å². The molecule has 0 spiro atoms. The number of nitrogens with one attached hydrogen (secondary N) is 1. The topological polar surface area (TPSA) is 29.9 Å². The normalized spacial score (nSPS) is 15.1. The number of imidazole rings is 1. The molecule has 1 N–H and O–H groups in total. The van der Waals surface area contributed by atoms with Crippen molar-refractivity contribution in [1.29, 1.82) is 0 Å². The summed E-state index contributed by atoms with van der Waals surface area (Å²) < 4.78 is 40.6. The summed E-state index contributed by atoms with van der Waals surface area (Å²) in [4.78, 5) is 3.79. The highest BCUT2D eigenvalue weighted by atomic mass is 35.5. The molecule has 0 radical (unpaired) electrons. The first kappa shape index (κ1) is 14.7. The molecule has 0 saturated heterocycles. The van der Waals surface area contributed by atoms with E-state index in [0.29, 0.717) is 24.3 Å². The third-order valence-corrected chi connectivity index (χ3v) is 4.16. The van der Waals surface area contributed by atoms with E-state index in [1.54, 1.807) is 18.2 Å². The monoisotopic (exact) mass is 335 g/mol. The predicted molar refractivity (Wildman–Crippen MR) is 74.4 cm³/mol. The molecule has 0 atom stereocenters. The molecule has 21 heavy (non-hydrogen) atoms. The van der Waals surface area contributed by atoms with Gasteiger partial charge in [-0.1, -0.05) is 35.3 Å². The Kier molecular flexibility index (Phi) is 3.63. The van der Waals surface area contributed by atoms with E-state index in [2.05, 4.69) is 10.3 Å². The third-order valence-electron chi connectivity index (χ3n) is 3.34. The molecular weight excluding hydrogens is 326 g/mol. The molecule has 1 aromatic carbocycles. The summed E-state index contributed by atoms with van der Waals surface area (Å²) >= 11 is 12.1. The van der Waals surface area contributed by atoms with E-state index in [9.17, 15) is 13.2 Å². The summed E-state index contributed by atoms with van der Waals surface area (Å²) in [6, 6.07) is 4.84. The fourth-order valence-corrected chi connectivity index (χ4v) is 2.81. The van der Waals surface area contributed by atoms with E-state index in [-0.39, 0.29) is 22.3 Å². The second kappa shape index (κ2) is 5.19. The van der Waals surface area contributed by atoms with Gasteiger partial charge in [-0.2, -0.15) is 13.2 Å². The van der Waals surface area contributed by atoms with Crippen LogP contribution in [0.5, 0.6) is 0 Å². The van der Waals surface area contributed by atoms with Crippen LogP contribution >= 0.6 is 23.2 Å². The van der Waals surface area contributed by atoms with Crippen LogP contribution < -0.4 is 5.32 Å². The van der Waals surface area contributed by atoms with Gasteiger partial charge in [-0.15, -0.1) is 0 Å². The first-order chi connectivity index (χ1) is 9.89. The number of alkyl halides is 3. The quantitative estimate of drug-likeness (QED) is 0.854. The van der Waals surface area contributed by atoms with Gasteiger partial charge in [-0.25, -0.2) is 4.98 Å². The van der Waals surface area contributed by atoms with Crippen molar-refractivity contribution in [2.24, 2.45) is 0 Å². The van der Waals surface area contributed by atoms with Crippen LogP contribution in [0, 0.1) is 0 Å². The van der Waals surface area contributed by atoms with Crippen molar-refractivity contribution >= 4 is 23.2 Å². The Morgan fingerprint density at radius 1 is 1.24 bits per heavy atom. The molecule has 0 saturated carbocycles. The second-order valence-corrected chi connectivity index (χ2v) is 5.44. The number of hydrogen-bond donors (Lipinski definition) is 1. The van der Waals surface area contributed by atoms with E-state index >= 15 is 0 Å². The molecule has 2 aromatic rings. The van der Waals surface area contributed by atoms with E-state index in [4.69, 9.17) is 23.2 Å². The van der Waals surface area contributed by atoms with Crippen LogP contribution in [0.25, 0.3) is 11.3 Å². The summed E-state index contributed by atoms with van der Waals surface area (Å²) in [5, 5.41) is 3.54. The minimum absolute atomic E-state index is 0.208. The zero-order chi connectivity index (χ0) is 15.2. The Morgan fingerprint density at radius 2 is 2.00 bits per heavy atom. The maximum Gasteiger partial charge on any atom is 0.449 e. The number of halogens is 5. The first-order valence-corrected chi connectivity index (χ1v) is 6.97. The van der Waals surface area contributed by atoms with Gasteiger partial charge in [0, 0.05) is 25.2 Å². The molecule has 1 aliphatic rings. The molecule has 3 rings (SSSR count). The Morgan fingerprint density at radius 3 is 2.71 bits per heavy atom. The van der Waals surface area contributed by atoms with Gasteiger partial charge in [0.15, 0.2) is 0 Å². The Labute approximate surface area is 128 Å². The lowest BCUT2D eigenvalue weighted by atomic mass is 10.1. The lowest BCUT2D eigenvalue weighted by Gasteiger charge is -2.19. The fourth-order valence-electron chi connectivity index (χ4n) is 2.42. The largest absolute Gasteiger partial charge is 0.449 e. The summed E-state index contributed by atoms with van der Waals surface area (Å²) in [7, 11) is 0. The lowest BCUT2D eigenvalue weighted by Crippen LogP contribution is -2.30. The fraction of sp³-hybridized carbons (Fsp3) is 0.308. The number of rotatable bonds is 1. The van der Waals surface area contributed by atoms with Gasteiger partial charge in [0.2, 0.25) is 5.82 Å². The first-order valence-electron chi connectivity index (χ1n) is 6.21. The standard InChI is InChI=1S/C13H10Cl2F3N3/c14-8-3-1-2-7(10(8)15)11-9-6-19-4-5-21(9)12(20-11)13(16,17)18/h1-3,19H,4-6H2. The molecule has 1 aromatic heterocycles. The van der Waals surface area contributed by atoms with Crippen LogP contribution in [-0.4, -0.2) is 16.1 Å². The number of fused-ring (bicyclic) bond motifs is 1. The second-order valence-electron chi connectivity index (χ2n) is 4.66. The lowest BCUT2D eigenvalue weighted by molar-refractivity contribution is -0.147. The van der Waals surface area contributed by atoms with Crippen LogP contribution in [0.3, 0.4) is 0 Å². The van der Waals surface area contributed by atoms with Crippen molar-refractivity contribution in [3.8, 4) is 11.3 Å². The predicted octanol–water partition coefficient (Wildman–Crippen LogP) is 3.98. The molecular formula is C13H10Cl2F3N3. The van der Waals surface area contributed by atoms with Crippen LogP contribution in [-0.2, 0) is 19.3 Å². The van der Waals surface area contributed by atoms with Crippen molar-refractivity contribution < 1.29 is 13.2 Å². The van der Waals surface area contributed by atoms with Gasteiger partial charge in [0.05, 0.1) is 21.4 Å². The van der Waals surface area contributed by atoms with Gasteiger partial charge < -0.3 is 9.88 Å². The Balaban J connectivity index is 2.24. The summed E-state index contributed by atoms with van der Waals surface area (Å²) in [5.41, 5.74) is 1.10. The van der Waals surface area contributed by atoms with Crippen molar-refractivity contribution in [2.45, 2.75) is 19.3 Å². The third kappa shape index (κ3) is 2.52. The van der Waals surface area contributed by atoms with Gasteiger partial charge in [0.1, 0.15) is 0 Å². The van der Waals surface area contributed by atoms with Gasteiger partial charge in [-0.05, 0) is 6.07 Å². The average molecular weight is 336 g/mol. The van der Waals surface area contributed by atoms with Gasteiger partial charge >= 0.3 is 6.18 Å². The molecule has 1 aliphatic heterocycles. The number of benzene rings is 1. The van der Waals surface area contributed by atoms with Crippen molar-refractivity contribution in [3.05, 3.63) is 39.8 Å². The highest BCUT2D eigenvalue weighted by Crippen LogP contribution is 2.38. The van der Waals surface area contributed by atoms with Gasteiger partial charge in [0.25, 0.3) is 0 Å². The molecule has 3 nitrogen and oxygen atoms in total. The maximum absolute atomic E-state index is 13.1. The molecule has 112 valence electrons. The maximum atomic E-state index is 13.1. The molecule has 2 heterocycles. The highest BCUT2D eigenvalue weighted by molar-refractivity contribution is 6.43. The SMILES string of the molecule is FC(F)(F)c1nc(-c2cccc(Cl)c2Cl)c2n1CCNC2. The van der Waals surface area contributed by atoms with Crippen molar-refractivity contribution in [2.75, 3.05) is 6.54 Å². The van der Waals surface area contributed by atoms with Crippen LogP contribution in [0.2, 0.25) is 10.0 Å². The highest BCUT2D eigenvalue weighted by Gasteiger charge is 2.39. The van der Waals surface area contributed by atoms with Crippen molar-refractivity contribution in [3.63, 3.8) is 0 Å². The summed E-state index contributed by atoms with van der Waals surface area (Å²) in [6.07, 6.45) is -4.50. The molecule has 0 amide bonds. The van der Waals surface area contributed by atoms with E-state index in [1.807, 2.05) is 0 Å². The molecule has 0 aliphatic carbocycles. The van der Waals surface area contributed by atoms with E-state index < -0.39 is 12.0 Å². The molecule has 0 unspecified atom stereocenters. The Hall–Kier alpha value is -1.24. The smallest absolute Gasteiger partial charge is 0.321 e. The van der Waals surface area contributed by atoms with E-state index in [0.717, 1.165) is 0 Å². The number of hydrogen-bond acceptors (Lipinski definition) is 2. The number of aromatic nitrogens is 2. The van der Waals surface area contributed by atoms with E-state index in [1.165, 1.54) is 4.57 Å². The molecule has 0 fully saturated rings. The van der Waals surface area contributed by atoms with Crippen molar-refractivity contribution in [1.82, 2.24) is 14.9 Å². The summed E-state index contributed by atoms with van der Waals surface area (Å²) in [6.45, 7) is 0.992. The summed E-state index contributed by atoms with van der Waals surface area (Å²) in [5.74, 6) is -0.898. The van der Waals surface area contributed by atoms with Gasteiger partial charge in [-0.3, -0.25) is 0 Å². The zero-order valence-electron chi connectivity index (χ0n) is 10.6. The molecule has 8 heteroatoms. The molecule has 0 bridgehead atoms. The van der Waals surface area contributed by atoms with Crippen LogP contribution in [0.15, 0.2) is 18.2 Å².